The summed E-state index contributed by atoms with van der Waals surface area (Å²) in [7, 11) is -3.80. The fourth-order valence-electron chi connectivity index (χ4n) is 2.70. The first-order valence-electron chi connectivity index (χ1n) is 8.94. The first-order chi connectivity index (χ1) is 13.5. The molecule has 0 heterocycles. The van der Waals surface area contributed by atoms with Crippen LogP contribution in [0.1, 0.15) is 29.5 Å². The van der Waals surface area contributed by atoms with Crippen LogP contribution in [0.15, 0.2) is 48.5 Å². The van der Waals surface area contributed by atoms with Gasteiger partial charge in [-0.25, -0.2) is 8.42 Å². The average Bonchev–Trinajstić information content (AvgIpc) is 2.63. The molecule has 158 valence electrons. The lowest BCUT2D eigenvalue weighted by atomic mass is 10.1. The summed E-state index contributed by atoms with van der Waals surface area (Å²) in [5.74, 6) is -0.261. The third kappa shape index (κ3) is 7.08. The van der Waals surface area contributed by atoms with Crippen molar-refractivity contribution in [1.29, 1.82) is 0 Å². The van der Waals surface area contributed by atoms with Crippen LogP contribution in [-0.4, -0.2) is 27.1 Å². The highest BCUT2D eigenvalue weighted by molar-refractivity contribution is 7.92. The number of carbonyl (C=O) groups is 1. The molecule has 1 amide bonds. The largest absolute Gasteiger partial charge is 0.416 e. The van der Waals surface area contributed by atoms with Crippen molar-refractivity contribution in [3.63, 3.8) is 0 Å². The molecule has 1 N–H and O–H groups in total. The minimum absolute atomic E-state index is 0.0524. The van der Waals surface area contributed by atoms with E-state index in [1.807, 2.05) is 31.2 Å². The SMILES string of the molecule is Cc1ccc(CNC(=O)CCCN(c2cccc(C(F)(F)F)c2)S(C)(=O)=O)cc1. The first kappa shape index (κ1) is 22.7. The summed E-state index contributed by atoms with van der Waals surface area (Å²) >= 11 is 0. The smallest absolute Gasteiger partial charge is 0.352 e. The standard InChI is InChI=1S/C20H23F3N2O3S/c1-15-8-10-16(11-9-15)14-24-19(26)7-4-12-25(29(2,27)28)18-6-3-5-17(13-18)20(21,22)23/h3,5-6,8-11,13H,4,7,12,14H2,1-2H3,(H,24,26). The van der Waals surface area contributed by atoms with Crippen molar-refractivity contribution in [3.8, 4) is 0 Å². The van der Waals surface area contributed by atoms with Gasteiger partial charge in [0, 0.05) is 19.5 Å². The zero-order chi connectivity index (χ0) is 21.7. The van der Waals surface area contributed by atoms with Gasteiger partial charge in [-0.2, -0.15) is 13.2 Å². The lowest BCUT2D eigenvalue weighted by Gasteiger charge is -2.23. The van der Waals surface area contributed by atoms with Gasteiger partial charge in [0.05, 0.1) is 17.5 Å². The summed E-state index contributed by atoms with van der Waals surface area (Å²) in [5.41, 5.74) is 1.03. The Hall–Kier alpha value is -2.55. The van der Waals surface area contributed by atoms with Gasteiger partial charge in [0.1, 0.15) is 0 Å². The Labute approximate surface area is 168 Å². The number of rotatable bonds is 8. The van der Waals surface area contributed by atoms with Gasteiger partial charge >= 0.3 is 6.18 Å². The van der Waals surface area contributed by atoms with E-state index in [9.17, 15) is 26.4 Å². The van der Waals surface area contributed by atoms with Crippen LogP contribution in [0.4, 0.5) is 18.9 Å². The number of nitrogens with zero attached hydrogens (tertiary/aromatic N) is 1. The van der Waals surface area contributed by atoms with E-state index < -0.39 is 21.8 Å². The molecule has 5 nitrogen and oxygen atoms in total. The maximum atomic E-state index is 12.9. The number of hydrogen-bond donors (Lipinski definition) is 1. The van der Waals surface area contributed by atoms with Gasteiger partial charge < -0.3 is 5.32 Å². The van der Waals surface area contributed by atoms with Gasteiger partial charge in [0.15, 0.2) is 0 Å². The molecule has 2 aromatic rings. The van der Waals surface area contributed by atoms with Crippen LogP contribution in [0.25, 0.3) is 0 Å². The lowest BCUT2D eigenvalue weighted by Crippen LogP contribution is -2.32. The third-order valence-corrected chi connectivity index (χ3v) is 5.43. The summed E-state index contributed by atoms with van der Waals surface area (Å²) in [6.07, 6.45) is -3.43. The van der Waals surface area contributed by atoms with Gasteiger partial charge in [-0.15, -0.1) is 0 Å². The molecule has 29 heavy (non-hydrogen) atoms. The summed E-state index contributed by atoms with van der Waals surface area (Å²) in [5, 5.41) is 2.74. The molecule has 0 atom stereocenters. The summed E-state index contributed by atoms with van der Waals surface area (Å²) < 4.78 is 63.7. The molecule has 0 saturated heterocycles. The Morgan fingerprint density at radius 3 is 2.34 bits per heavy atom. The predicted octanol–water partition coefficient (Wildman–Crippen LogP) is 3.88. The van der Waals surface area contributed by atoms with Gasteiger partial charge in [0.2, 0.25) is 15.9 Å². The fourth-order valence-corrected chi connectivity index (χ4v) is 3.66. The average molecular weight is 428 g/mol. The minimum Gasteiger partial charge on any atom is -0.352 e. The molecular weight excluding hydrogens is 405 g/mol. The monoisotopic (exact) mass is 428 g/mol. The van der Waals surface area contributed by atoms with E-state index in [-0.39, 0.29) is 31.0 Å². The molecular formula is C20H23F3N2O3S. The minimum atomic E-state index is -4.57. The van der Waals surface area contributed by atoms with E-state index in [0.29, 0.717) is 6.54 Å². The maximum Gasteiger partial charge on any atom is 0.416 e. The second-order valence-corrected chi connectivity index (χ2v) is 8.66. The zero-order valence-corrected chi connectivity index (χ0v) is 17.0. The molecule has 0 radical (unpaired) electrons. The number of nitrogens with one attached hydrogen (secondary N) is 1. The molecule has 9 heteroatoms. The van der Waals surface area contributed by atoms with E-state index in [0.717, 1.165) is 39.9 Å². The number of carbonyl (C=O) groups excluding carboxylic acids is 1. The summed E-state index contributed by atoms with van der Waals surface area (Å²) in [6, 6.07) is 11.8. The maximum absolute atomic E-state index is 12.9. The van der Waals surface area contributed by atoms with E-state index in [2.05, 4.69) is 5.32 Å². The van der Waals surface area contributed by atoms with Gasteiger partial charge in [0.25, 0.3) is 0 Å². The van der Waals surface area contributed by atoms with Crippen LogP contribution in [0.2, 0.25) is 0 Å². The van der Waals surface area contributed by atoms with E-state index in [1.165, 1.54) is 6.07 Å². The number of halogens is 3. The van der Waals surface area contributed by atoms with Gasteiger partial charge in [-0.05, 0) is 37.1 Å². The normalized spacial score (nSPS) is 11.9. The Bertz CT molecular complexity index is 942. The highest BCUT2D eigenvalue weighted by Crippen LogP contribution is 2.32. The van der Waals surface area contributed by atoms with Crippen LogP contribution in [0.5, 0.6) is 0 Å². The Morgan fingerprint density at radius 2 is 1.76 bits per heavy atom. The summed E-state index contributed by atoms with van der Waals surface area (Å²) in [4.78, 5) is 12.0. The number of aryl methyl sites for hydroxylation is 1. The molecule has 0 fully saturated rings. The van der Waals surface area contributed by atoms with Crippen LogP contribution in [-0.2, 0) is 27.5 Å². The van der Waals surface area contributed by atoms with Crippen molar-refractivity contribution in [1.82, 2.24) is 5.32 Å². The van der Waals surface area contributed by atoms with Crippen LogP contribution in [0.3, 0.4) is 0 Å². The molecule has 0 bridgehead atoms. The third-order valence-electron chi connectivity index (χ3n) is 4.24. The number of hydrogen-bond acceptors (Lipinski definition) is 3. The molecule has 0 saturated carbocycles. The molecule has 0 aliphatic heterocycles. The molecule has 2 aromatic carbocycles. The number of amides is 1. The van der Waals surface area contributed by atoms with Crippen molar-refractivity contribution in [2.24, 2.45) is 0 Å². The molecule has 0 spiro atoms. The first-order valence-corrected chi connectivity index (χ1v) is 10.8. The number of benzene rings is 2. The predicted molar refractivity (Wildman–Crippen MR) is 106 cm³/mol. The molecule has 0 aliphatic rings. The number of sulfonamides is 1. The Morgan fingerprint density at radius 1 is 1.10 bits per heavy atom. The van der Waals surface area contributed by atoms with Crippen molar-refractivity contribution in [2.75, 3.05) is 17.1 Å². The summed E-state index contributed by atoms with van der Waals surface area (Å²) in [6.45, 7) is 2.21. The van der Waals surface area contributed by atoms with Crippen molar-refractivity contribution >= 4 is 21.6 Å². The Balaban J connectivity index is 1.96. The fraction of sp³-hybridized carbons (Fsp3) is 0.350. The topological polar surface area (TPSA) is 66.5 Å². The van der Waals surface area contributed by atoms with Gasteiger partial charge in [-0.1, -0.05) is 35.9 Å². The lowest BCUT2D eigenvalue weighted by molar-refractivity contribution is -0.137. The molecule has 0 unspecified atom stereocenters. The van der Waals surface area contributed by atoms with E-state index in [4.69, 9.17) is 0 Å². The van der Waals surface area contributed by atoms with Crippen LogP contribution >= 0.6 is 0 Å². The van der Waals surface area contributed by atoms with Crippen molar-refractivity contribution in [2.45, 2.75) is 32.5 Å². The highest BCUT2D eigenvalue weighted by Gasteiger charge is 2.31. The van der Waals surface area contributed by atoms with Crippen molar-refractivity contribution < 1.29 is 26.4 Å². The molecule has 0 aromatic heterocycles. The second kappa shape index (κ2) is 9.30. The van der Waals surface area contributed by atoms with Crippen LogP contribution in [0, 0.1) is 6.92 Å². The molecule has 2 rings (SSSR count). The number of anilines is 1. The second-order valence-electron chi connectivity index (χ2n) is 6.75. The van der Waals surface area contributed by atoms with Gasteiger partial charge in [-0.3, -0.25) is 9.10 Å². The van der Waals surface area contributed by atoms with Crippen molar-refractivity contribution in [3.05, 3.63) is 65.2 Å². The quantitative estimate of drug-likeness (QED) is 0.694. The Kier molecular flexibility index (Phi) is 7.29. The van der Waals surface area contributed by atoms with E-state index in [1.54, 1.807) is 0 Å². The number of alkyl halides is 3. The zero-order valence-electron chi connectivity index (χ0n) is 16.2. The van der Waals surface area contributed by atoms with E-state index >= 15 is 0 Å². The highest BCUT2D eigenvalue weighted by atomic mass is 32.2. The molecule has 0 aliphatic carbocycles. The van der Waals surface area contributed by atoms with Crippen LogP contribution < -0.4 is 9.62 Å².